The van der Waals surface area contributed by atoms with E-state index in [1.165, 1.54) is 5.01 Å². The quantitative estimate of drug-likeness (QED) is 0.803. The molecule has 2 heterocycles. The van der Waals surface area contributed by atoms with E-state index in [4.69, 9.17) is 0 Å². The molecular formula is C18H25N3O2S2. The Hall–Kier alpha value is -1.28. The molecule has 7 heteroatoms. The Labute approximate surface area is 154 Å². The van der Waals surface area contributed by atoms with Crippen LogP contribution in [0.15, 0.2) is 40.6 Å². The molecule has 1 saturated heterocycles. The van der Waals surface area contributed by atoms with Gasteiger partial charge in [-0.05, 0) is 37.8 Å². The first-order valence-corrected chi connectivity index (χ1v) is 11.2. The van der Waals surface area contributed by atoms with Crippen molar-refractivity contribution in [1.29, 1.82) is 0 Å². The molecule has 1 aromatic carbocycles. The van der Waals surface area contributed by atoms with E-state index in [-0.39, 0.29) is 6.04 Å². The van der Waals surface area contributed by atoms with Crippen LogP contribution in [-0.4, -0.2) is 37.4 Å². The van der Waals surface area contributed by atoms with Crippen molar-refractivity contribution in [1.82, 2.24) is 14.6 Å². The Morgan fingerprint density at radius 1 is 1.24 bits per heavy atom. The smallest absolute Gasteiger partial charge is 0.240 e. The zero-order valence-corrected chi connectivity index (χ0v) is 16.2. The highest BCUT2D eigenvalue weighted by Crippen LogP contribution is 2.18. The fraction of sp³-hybridized carbons (Fsp3) is 0.500. The van der Waals surface area contributed by atoms with Gasteiger partial charge in [0.1, 0.15) is 0 Å². The summed E-state index contributed by atoms with van der Waals surface area (Å²) in [5, 5.41) is 3.36. The maximum Gasteiger partial charge on any atom is 0.240 e. The van der Waals surface area contributed by atoms with Crippen molar-refractivity contribution in [3.63, 3.8) is 0 Å². The third-order valence-electron chi connectivity index (χ3n) is 4.41. The lowest BCUT2D eigenvalue weighted by atomic mass is 10.1. The van der Waals surface area contributed by atoms with Gasteiger partial charge in [-0.25, -0.2) is 18.1 Å². The fourth-order valence-corrected chi connectivity index (χ4v) is 5.29. The van der Waals surface area contributed by atoms with Crippen LogP contribution in [0.2, 0.25) is 0 Å². The van der Waals surface area contributed by atoms with Crippen molar-refractivity contribution < 1.29 is 8.42 Å². The molecule has 1 fully saturated rings. The maximum absolute atomic E-state index is 12.4. The van der Waals surface area contributed by atoms with Crippen molar-refractivity contribution in [2.75, 3.05) is 13.1 Å². The van der Waals surface area contributed by atoms with Crippen molar-refractivity contribution in [3.05, 3.63) is 46.4 Å². The molecule has 25 heavy (non-hydrogen) atoms. The summed E-state index contributed by atoms with van der Waals surface area (Å²) in [7, 11) is -3.42. The van der Waals surface area contributed by atoms with E-state index in [0.717, 1.165) is 51.0 Å². The number of aryl methyl sites for hydroxylation is 1. The number of aromatic nitrogens is 1. The van der Waals surface area contributed by atoms with Gasteiger partial charge in [-0.3, -0.25) is 4.90 Å². The standard InChI is InChI=1S/C18H25N3O2S2/c1-2-6-18-19-16(14-24-18)13-21-11-9-15(10-12-21)20-25(22,23)17-7-4-3-5-8-17/h3-5,7-8,14-15,20H,2,6,9-13H2,1H3. The van der Waals surface area contributed by atoms with Gasteiger partial charge in [0.25, 0.3) is 0 Å². The molecule has 1 aliphatic rings. The van der Waals surface area contributed by atoms with Crippen LogP contribution < -0.4 is 4.72 Å². The second-order valence-electron chi connectivity index (χ2n) is 6.47. The minimum absolute atomic E-state index is 0.00698. The lowest BCUT2D eigenvalue weighted by Crippen LogP contribution is -2.44. The molecule has 136 valence electrons. The molecule has 0 bridgehead atoms. The summed E-state index contributed by atoms with van der Waals surface area (Å²) >= 11 is 1.74. The second-order valence-corrected chi connectivity index (χ2v) is 9.12. The predicted octanol–water partition coefficient (Wildman–Crippen LogP) is 3.04. The molecule has 0 unspecified atom stereocenters. The maximum atomic E-state index is 12.4. The Bertz CT molecular complexity index is 767. The summed E-state index contributed by atoms with van der Waals surface area (Å²) in [5.74, 6) is 0. The first-order valence-electron chi connectivity index (χ1n) is 8.80. The van der Waals surface area contributed by atoms with Crippen LogP contribution in [0.5, 0.6) is 0 Å². The number of nitrogens with one attached hydrogen (secondary N) is 1. The van der Waals surface area contributed by atoms with Gasteiger partial charge in [0.05, 0.1) is 15.6 Å². The molecule has 5 nitrogen and oxygen atoms in total. The number of benzene rings is 1. The number of rotatable bonds is 7. The van der Waals surface area contributed by atoms with Crippen LogP contribution in [-0.2, 0) is 23.0 Å². The summed E-state index contributed by atoms with van der Waals surface area (Å²) in [6, 6.07) is 8.59. The second kappa shape index (κ2) is 8.40. The zero-order chi connectivity index (χ0) is 17.7. The number of nitrogens with zero attached hydrogens (tertiary/aromatic N) is 2. The molecule has 0 spiro atoms. The number of hydrogen-bond donors (Lipinski definition) is 1. The highest BCUT2D eigenvalue weighted by molar-refractivity contribution is 7.89. The van der Waals surface area contributed by atoms with Gasteiger partial charge in [0, 0.05) is 31.1 Å². The van der Waals surface area contributed by atoms with E-state index < -0.39 is 10.0 Å². The molecule has 0 radical (unpaired) electrons. The molecular weight excluding hydrogens is 354 g/mol. The minimum Gasteiger partial charge on any atom is -0.297 e. The number of sulfonamides is 1. The molecule has 0 saturated carbocycles. The van der Waals surface area contributed by atoms with E-state index in [1.54, 1.807) is 35.6 Å². The van der Waals surface area contributed by atoms with Crippen LogP contribution in [0.3, 0.4) is 0 Å². The molecule has 3 rings (SSSR count). The Morgan fingerprint density at radius 3 is 2.64 bits per heavy atom. The summed E-state index contributed by atoms with van der Waals surface area (Å²) in [6.45, 7) is 4.81. The van der Waals surface area contributed by atoms with E-state index >= 15 is 0 Å². The van der Waals surface area contributed by atoms with Crippen LogP contribution in [0.4, 0.5) is 0 Å². The van der Waals surface area contributed by atoms with Crippen molar-refractivity contribution in [3.8, 4) is 0 Å². The fourth-order valence-electron chi connectivity index (χ4n) is 3.08. The monoisotopic (exact) mass is 379 g/mol. The van der Waals surface area contributed by atoms with Gasteiger partial charge in [-0.15, -0.1) is 11.3 Å². The van der Waals surface area contributed by atoms with Crippen LogP contribution in [0.25, 0.3) is 0 Å². The van der Waals surface area contributed by atoms with Gasteiger partial charge in [0.15, 0.2) is 0 Å². The first kappa shape index (κ1) is 18.5. The minimum atomic E-state index is -3.42. The lowest BCUT2D eigenvalue weighted by Gasteiger charge is -2.31. The van der Waals surface area contributed by atoms with Crippen molar-refractivity contribution in [2.24, 2.45) is 0 Å². The average molecular weight is 380 g/mol. The van der Waals surface area contributed by atoms with Crippen LogP contribution in [0.1, 0.15) is 36.9 Å². The van der Waals surface area contributed by atoms with E-state index in [1.807, 2.05) is 6.07 Å². The molecule has 0 aliphatic carbocycles. The third-order valence-corrected chi connectivity index (χ3v) is 6.91. The Balaban J connectivity index is 1.50. The highest BCUT2D eigenvalue weighted by Gasteiger charge is 2.24. The molecule has 2 aromatic rings. The average Bonchev–Trinajstić information content (AvgIpc) is 3.05. The molecule has 1 aromatic heterocycles. The Kier molecular flexibility index (Phi) is 6.22. The van der Waals surface area contributed by atoms with Gasteiger partial charge in [-0.2, -0.15) is 0 Å². The van der Waals surface area contributed by atoms with E-state index in [0.29, 0.717) is 4.90 Å². The Morgan fingerprint density at radius 2 is 1.96 bits per heavy atom. The van der Waals surface area contributed by atoms with E-state index in [2.05, 4.69) is 26.9 Å². The summed E-state index contributed by atoms with van der Waals surface area (Å²) < 4.78 is 27.7. The molecule has 1 aliphatic heterocycles. The van der Waals surface area contributed by atoms with Crippen LogP contribution >= 0.6 is 11.3 Å². The van der Waals surface area contributed by atoms with Gasteiger partial charge in [-0.1, -0.05) is 25.1 Å². The number of hydrogen-bond acceptors (Lipinski definition) is 5. The van der Waals surface area contributed by atoms with Crippen molar-refractivity contribution in [2.45, 2.75) is 50.1 Å². The highest BCUT2D eigenvalue weighted by atomic mass is 32.2. The number of likely N-dealkylation sites (tertiary alicyclic amines) is 1. The number of piperidine rings is 1. The predicted molar refractivity (Wildman–Crippen MR) is 101 cm³/mol. The lowest BCUT2D eigenvalue weighted by molar-refractivity contribution is 0.198. The summed E-state index contributed by atoms with van der Waals surface area (Å²) in [4.78, 5) is 7.37. The summed E-state index contributed by atoms with van der Waals surface area (Å²) in [6.07, 6.45) is 3.84. The third kappa shape index (κ3) is 5.10. The van der Waals surface area contributed by atoms with Gasteiger partial charge >= 0.3 is 0 Å². The largest absolute Gasteiger partial charge is 0.297 e. The summed E-state index contributed by atoms with van der Waals surface area (Å²) in [5.41, 5.74) is 1.14. The molecule has 0 amide bonds. The zero-order valence-electron chi connectivity index (χ0n) is 14.5. The van der Waals surface area contributed by atoms with Crippen LogP contribution in [0, 0.1) is 0 Å². The van der Waals surface area contributed by atoms with E-state index in [9.17, 15) is 8.42 Å². The normalized spacial score (nSPS) is 17.0. The number of thiazole rings is 1. The van der Waals surface area contributed by atoms with Gasteiger partial charge in [0.2, 0.25) is 10.0 Å². The molecule has 1 N–H and O–H groups in total. The first-order chi connectivity index (χ1) is 12.1. The molecule has 0 atom stereocenters. The SMILES string of the molecule is CCCc1nc(CN2CCC(NS(=O)(=O)c3ccccc3)CC2)cs1. The van der Waals surface area contributed by atoms with Crippen molar-refractivity contribution >= 4 is 21.4 Å². The van der Waals surface area contributed by atoms with Gasteiger partial charge < -0.3 is 0 Å². The topological polar surface area (TPSA) is 62.3 Å².